The van der Waals surface area contributed by atoms with Crippen molar-refractivity contribution in [2.24, 2.45) is 0 Å². The zero-order valence-corrected chi connectivity index (χ0v) is 10.6. The van der Waals surface area contributed by atoms with Crippen LogP contribution < -0.4 is 0 Å². The van der Waals surface area contributed by atoms with Crippen molar-refractivity contribution in [3.8, 4) is 0 Å². The molecule has 13 heavy (non-hydrogen) atoms. The van der Waals surface area contributed by atoms with Gasteiger partial charge in [-0.3, -0.25) is 0 Å². The zero-order chi connectivity index (χ0) is 8.55. The molecule has 0 atom stereocenters. The van der Waals surface area contributed by atoms with Crippen LogP contribution >= 0.6 is 0 Å². The summed E-state index contributed by atoms with van der Waals surface area (Å²) in [6.07, 6.45) is 12.1. The topological polar surface area (TPSA) is 0 Å². The van der Waals surface area contributed by atoms with Gasteiger partial charge in [0.1, 0.15) is 0 Å². The van der Waals surface area contributed by atoms with Gasteiger partial charge in [0.05, 0.1) is 0 Å². The number of hydrogen-bond acceptors (Lipinski definition) is 0. The van der Waals surface area contributed by atoms with E-state index in [4.69, 9.17) is 0 Å². The molecule has 0 aromatic carbocycles. The van der Waals surface area contributed by atoms with Crippen molar-refractivity contribution in [1.82, 2.24) is 0 Å². The third-order valence-corrected chi connectivity index (χ3v) is 2.64. The van der Waals surface area contributed by atoms with Crippen LogP contribution in [0.2, 0.25) is 0 Å². The number of allylic oxidation sites excluding steroid dienone is 8. The summed E-state index contributed by atoms with van der Waals surface area (Å²) in [6.45, 7) is 4.39. The largest absolute Gasteiger partial charge is 0.197 e. The summed E-state index contributed by atoms with van der Waals surface area (Å²) < 4.78 is 0. The third-order valence-electron chi connectivity index (χ3n) is 2.64. The molecule has 0 unspecified atom stereocenters. The van der Waals surface area contributed by atoms with Crippen molar-refractivity contribution in [3.63, 3.8) is 0 Å². The maximum atomic E-state index is 3.43. The summed E-state index contributed by atoms with van der Waals surface area (Å²) in [5, 5.41) is 0. The Morgan fingerprint density at radius 2 is 2.08 bits per heavy atom. The van der Waals surface area contributed by atoms with Gasteiger partial charge in [0.15, 0.2) is 0 Å². The van der Waals surface area contributed by atoms with Gasteiger partial charge in [0, 0.05) is 26.2 Å². The third kappa shape index (κ3) is 2.02. The predicted molar refractivity (Wildman–Crippen MR) is 51.6 cm³/mol. The Bertz CT molecular complexity index is 327. The monoisotopic (exact) mass is 247 g/mol. The van der Waals surface area contributed by atoms with Crippen molar-refractivity contribution in [2.75, 3.05) is 0 Å². The summed E-state index contributed by atoms with van der Waals surface area (Å²) in [7, 11) is 0. The van der Waals surface area contributed by atoms with Gasteiger partial charge >= 0.3 is 0 Å². The minimum Gasteiger partial charge on any atom is -0.197 e. The Hall–Kier alpha value is -0.157. The summed E-state index contributed by atoms with van der Waals surface area (Å²) in [4.78, 5) is 0. The van der Waals surface area contributed by atoms with Gasteiger partial charge in [-0.05, 0) is 0 Å². The molecular formula is C12H13Zr-. The van der Waals surface area contributed by atoms with Crippen LogP contribution in [0.3, 0.4) is 0 Å². The smallest absolute Gasteiger partial charge is 0 e. The molecule has 66 valence electrons. The number of hydrogen-bond donors (Lipinski definition) is 0. The second-order valence-corrected chi connectivity index (χ2v) is 3.46. The Balaban J connectivity index is 0.000000845. The zero-order valence-electron chi connectivity index (χ0n) is 8.15. The van der Waals surface area contributed by atoms with Gasteiger partial charge in [0.2, 0.25) is 0 Å². The van der Waals surface area contributed by atoms with Gasteiger partial charge in [-0.15, -0.1) is 17.2 Å². The SMILES string of the molecule is CC1=C(C)C(C2=CC=CC2)=[C-]C1.[Zr]. The molecule has 0 aromatic rings. The molecular weight excluding hydrogens is 235 g/mol. The molecule has 0 bridgehead atoms. The Kier molecular flexibility index (Phi) is 3.67. The van der Waals surface area contributed by atoms with Crippen LogP contribution in [-0.2, 0) is 26.2 Å². The first-order chi connectivity index (χ1) is 5.79. The van der Waals surface area contributed by atoms with E-state index in [1.165, 1.54) is 22.3 Å². The van der Waals surface area contributed by atoms with E-state index in [1.54, 1.807) is 0 Å². The molecule has 0 N–H and O–H groups in total. The van der Waals surface area contributed by atoms with Crippen molar-refractivity contribution in [3.05, 3.63) is 46.6 Å². The fraction of sp³-hybridized carbons (Fsp3) is 0.333. The van der Waals surface area contributed by atoms with E-state index in [0.717, 1.165) is 12.8 Å². The van der Waals surface area contributed by atoms with Crippen LogP contribution in [0, 0.1) is 6.08 Å². The molecule has 0 heterocycles. The van der Waals surface area contributed by atoms with Crippen LogP contribution in [0.4, 0.5) is 0 Å². The fourth-order valence-electron chi connectivity index (χ4n) is 1.69. The van der Waals surface area contributed by atoms with E-state index in [2.05, 4.69) is 38.2 Å². The van der Waals surface area contributed by atoms with E-state index in [1.807, 2.05) is 0 Å². The summed E-state index contributed by atoms with van der Waals surface area (Å²) in [5.41, 5.74) is 5.70. The molecule has 0 radical (unpaired) electrons. The molecule has 0 saturated heterocycles. The van der Waals surface area contributed by atoms with Gasteiger partial charge in [-0.1, -0.05) is 38.8 Å². The van der Waals surface area contributed by atoms with Crippen LogP contribution in [0.5, 0.6) is 0 Å². The maximum absolute atomic E-state index is 3.43. The summed E-state index contributed by atoms with van der Waals surface area (Å²) in [5.74, 6) is 0. The molecule has 0 aromatic heterocycles. The first-order valence-corrected chi connectivity index (χ1v) is 4.42. The minimum atomic E-state index is 0. The quantitative estimate of drug-likeness (QED) is 0.624. The van der Waals surface area contributed by atoms with Crippen LogP contribution in [-0.4, -0.2) is 0 Å². The molecule has 0 nitrogen and oxygen atoms in total. The molecule has 2 aliphatic rings. The van der Waals surface area contributed by atoms with Crippen molar-refractivity contribution in [2.45, 2.75) is 26.7 Å². The van der Waals surface area contributed by atoms with Crippen molar-refractivity contribution in [1.29, 1.82) is 0 Å². The number of rotatable bonds is 1. The Morgan fingerprint density at radius 1 is 1.31 bits per heavy atom. The predicted octanol–water partition coefficient (Wildman–Crippen LogP) is 3.34. The molecule has 0 aliphatic heterocycles. The maximum Gasteiger partial charge on any atom is 0 e. The molecule has 0 spiro atoms. The molecule has 0 saturated carbocycles. The molecule has 2 aliphatic carbocycles. The Labute approximate surface area is 99.2 Å². The standard InChI is InChI=1S/C12H13.Zr/c1-9-7-8-12(10(9)2)11-5-3-4-6-11;/h3-5H,6-7H2,1-2H3;/q-1;. The summed E-state index contributed by atoms with van der Waals surface area (Å²) >= 11 is 0. The Morgan fingerprint density at radius 3 is 2.54 bits per heavy atom. The average molecular weight is 248 g/mol. The van der Waals surface area contributed by atoms with E-state index >= 15 is 0 Å². The molecule has 0 fully saturated rings. The van der Waals surface area contributed by atoms with Gasteiger partial charge in [-0.25, -0.2) is 0 Å². The van der Waals surface area contributed by atoms with E-state index in [9.17, 15) is 0 Å². The molecule has 0 amide bonds. The molecule has 1 heteroatoms. The van der Waals surface area contributed by atoms with Gasteiger partial charge in [-0.2, -0.15) is 17.2 Å². The fourth-order valence-corrected chi connectivity index (χ4v) is 1.69. The second-order valence-electron chi connectivity index (χ2n) is 3.46. The van der Waals surface area contributed by atoms with Crippen LogP contribution in [0.25, 0.3) is 0 Å². The van der Waals surface area contributed by atoms with E-state index in [0.29, 0.717) is 0 Å². The minimum absolute atomic E-state index is 0. The summed E-state index contributed by atoms with van der Waals surface area (Å²) in [6, 6.07) is 0. The molecule has 2 rings (SSSR count). The van der Waals surface area contributed by atoms with E-state index < -0.39 is 0 Å². The van der Waals surface area contributed by atoms with Crippen LogP contribution in [0.1, 0.15) is 26.7 Å². The van der Waals surface area contributed by atoms with Gasteiger partial charge < -0.3 is 0 Å². The normalized spacial score (nSPS) is 20.2. The van der Waals surface area contributed by atoms with Crippen LogP contribution in [0.15, 0.2) is 40.5 Å². The average Bonchev–Trinajstić information content (AvgIpc) is 2.64. The van der Waals surface area contributed by atoms with Gasteiger partial charge in [0.25, 0.3) is 0 Å². The van der Waals surface area contributed by atoms with Crippen molar-refractivity contribution >= 4 is 0 Å². The van der Waals surface area contributed by atoms with E-state index in [-0.39, 0.29) is 26.2 Å². The van der Waals surface area contributed by atoms with Crippen molar-refractivity contribution < 1.29 is 26.2 Å². The second kappa shape index (κ2) is 4.37. The first-order valence-electron chi connectivity index (χ1n) is 4.42. The first kappa shape index (κ1) is 10.9.